The number of alkyl halides is 1. The number of halogens is 1. The third-order valence-electron chi connectivity index (χ3n) is 4.85. The van der Waals surface area contributed by atoms with Crippen LogP contribution in [0.3, 0.4) is 0 Å². The van der Waals surface area contributed by atoms with E-state index >= 15 is 0 Å². The minimum atomic E-state index is -1.26. The van der Waals surface area contributed by atoms with Gasteiger partial charge in [0.2, 0.25) is 0 Å². The summed E-state index contributed by atoms with van der Waals surface area (Å²) in [5.74, 6) is 6.77. The topological polar surface area (TPSA) is 47.2 Å². The van der Waals surface area contributed by atoms with Crippen molar-refractivity contribution in [3.05, 3.63) is 52.1 Å². The summed E-state index contributed by atoms with van der Waals surface area (Å²) < 4.78 is 16.0. The van der Waals surface area contributed by atoms with E-state index in [1.165, 1.54) is 0 Å². The summed E-state index contributed by atoms with van der Waals surface area (Å²) in [6, 6.07) is 5.39. The average Bonchev–Trinajstić information content (AvgIpc) is 2.80. The predicted molar refractivity (Wildman–Crippen MR) is 108 cm³/mol. The van der Waals surface area contributed by atoms with Crippen molar-refractivity contribution < 1.29 is 4.39 Å². The zero-order chi connectivity index (χ0) is 19.4. The molecule has 0 radical (unpaired) electrons. The molecule has 0 aliphatic carbocycles. The lowest BCUT2D eigenvalue weighted by atomic mass is 10.00. The molecule has 0 amide bonds. The van der Waals surface area contributed by atoms with Crippen LogP contribution >= 0.6 is 0 Å². The normalized spacial score (nSPS) is 20.2. The molecule has 140 valence electrons. The lowest BCUT2D eigenvalue weighted by Crippen LogP contribution is -2.25. The first-order chi connectivity index (χ1) is 12.9. The molecule has 2 aromatic rings. The van der Waals surface area contributed by atoms with Gasteiger partial charge in [0.15, 0.2) is 0 Å². The second-order valence-corrected chi connectivity index (χ2v) is 7.05. The molecular formula is C22H24FN3O. The van der Waals surface area contributed by atoms with E-state index in [-0.39, 0.29) is 5.56 Å². The predicted octanol–water partition coefficient (Wildman–Crippen LogP) is 3.85. The fraction of sp³-hybridized carbons (Fsp3) is 0.409. The molecule has 4 nitrogen and oxygen atoms in total. The number of aromatic nitrogens is 2. The summed E-state index contributed by atoms with van der Waals surface area (Å²) in [6.45, 7) is 4.02. The second kappa shape index (κ2) is 7.87. The van der Waals surface area contributed by atoms with Gasteiger partial charge >= 0.3 is 0 Å². The van der Waals surface area contributed by atoms with Crippen LogP contribution in [0.1, 0.15) is 44.5 Å². The van der Waals surface area contributed by atoms with Gasteiger partial charge in [-0.1, -0.05) is 18.9 Å². The number of fused-ring (bicyclic) bond motifs is 2. The van der Waals surface area contributed by atoms with Gasteiger partial charge in [-0.05, 0) is 56.4 Å². The molecule has 1 atom stereocenters. The summed E-state index contributed by atoms with van der Waals surface area (Å²) in [7, 11) is 1.71. The zero-order valence-electron chi connectivity index (χ0n) is 16.1. The second-order valence-electron chi connectivity index (χ2n) is 7.05. The van der Waals surface area contributed by atoms with E-state index in [4.69, 9.17) is 0 Å². The van der Waals surface area contributed by atoms with Crippen molar-refractivity contribution in [3.8, 4) is 11.8 Å². The van der Waals surface area contributed by atoms with E-state index < -0.39 is 5.67 Å². The van der Waals surface area contributed by atoms with E-state index in [2.05, 4.69) is 28.7 Å². The Kier molecular flexibility index (Phi) is 5.55. The zero-order valence-corrected chi connectivity index (χ0v) is 16.1. The number of aryl methyl sites for hydroxylation is 1. The Morgan fingerprint density at radius 1 is 1.44 bits per heavy atom. The molecule has 0 bridgehead atoms. The maximum Gasteiger partial charge on any atom is 0.261 e. The number of hydrogen-bond donors (Lipinski definition) is 0. The molecule has 0 saturated carbocycles. The summed E-state index contributed by atoms with van der Waals surface area (Å²) in [5.41, 5.74) is 0.724. The third-order valence-corrected chi connectivity index (χ3v) is 4.85. The average molecular weight is 365 g/mol. The molecule has 0 fully saturated rings. The molecule has 1 aromatic carbocycles. The summed E-state index contributed by atoms with van der Waals surface area (Å²) >= 11 is 0. The van der Waals surface area contributed by atoms with Crippen molar-refractivity contribution >= 4 is 16.6 Å². The van der Waals surface area contributed by atoms with Crippen LogP contribution in [0.25, 0.3) is 10.9 Å². The number of nitrogens with zero attached hydrogens (tertiary/aromatic N) is 3. The number of allylic oxidation sites excluding steroid dienone is 2. The van der Waals surface area contributed by atoms with Crippen molar-refractivity contribution in [1.29, 1.82) is 0 Å². The number of hydrogen-bond acceptors (Lipinski definition) is 3. The van der Waals surface area contributed by atoms with E-state index in [9.17, 15) is 9.18 Å². The Labute approximate surface area is 158 Å². The molecule has 1 aliphatic rings. The lowest BCUT2D eigenvalue weighted by Gasteiger charge is -2.15. The number of rotatable bonds is 2. The number of benzene rings is 1. The van der Waals surface area contributed by atoms with Crippen LogP contribution in [-0.2, 0) is 13.0 Å². The fourth-order valence-electron chi connectivity index (χ4n) is 3.15. The van der Waals surface area contributed by atoms with Gasteiger partial charge in [-0.2, -0.15) is 0 Å². The van der Waals surface area contributed by atoms with Gasteiger partial charge in [-0.25, -0.2) is 9.37 Å². The first-order valence-electron chi connectivity index (χ1n) is 9.31. The van der Waals surface area contributed by atoms with Crippen molar-refractivity contribution in [3.63, 3.8) is 0 Å². The molecule has 2 heterocycles. The Morgan fingerprint density at radius 2 is 2.26 bits per heavy atom. The smallest absolute Gasteiger partial charge is 0.261 e. The van der Waals surface area contributed by atoms with Crippen LogP contribution in [0, 0.1) is 11.8 Å². The molecule has 1 aliphatic heterocycles. The molecule has 0 saturated heterocycles. The van der Waals surface area contributed by atoms with Crippen LogP contribution in [0.2, 0.25) is 0 Å². The van der Waals surface area contributed by atoms with Gasteiger partial charge in [0.05, 0.1) is 10.9 Å². The van der Waals surface area contributed by atoms with Crippen molar-refractivity contribution in [2.75, 3.05) is 7.05 Å². The molecular weight excluding hydrogens is 341 g/mol. The molecule has 5 heteroatoms. The Bertz CT molecular complexity index is 1040. The SMILES string of the molecule is CC/C=C\C(C#Cc1ccc2c(=O)n3c(nc2c1)CCC(C)(F)CC3)=NC. The minimum absolute atomic E-state index is 0.103. The van der Waals surface area contributed by atoms with Gasteiger partial charge < -0.3 is 0 Å². The Balaban J connectivity index is 2.00. The molecule has 0 N–H and O–H groups in total. The van der Waals surface area contributed by atoms with E-state index in [0.29, 0.717) is 48.2 Å². The first-order valence-corrected chi connectivity index (χ1v) is 9.31. The highest BCUT2D eigenvalue weighted by atomic mass is 19.1. The summed E-state index contributed by atoms with van der Waals surface area (Å²) in [6.07, 6.45) is 6.00. The van der Waals surface area contributed by atoms with E-state index in [0.717, 1.165) is 12.0 Å². The Morgan fingerprint density at radius 3 is 3.00 bits per heavy atom. The lowest BCUT2D eigenvalue weighted by molar-refractivity contribution is 0.162. The molecule has 3 rings (SSSR count). The van der Waals surface area contributed by atoms with Crippen LogP contribution in [0.4, 0.5) is 4.39 Å². The minimum Gasteiger partial charge on any atom is -0.296 e. The highest BCUT2D eigenvalue weighted by molar-refractivity contribution is 6.09. The van der Waals surface area contributed by atoms with Gasteiger partial charge in [-0.3, -0.25) is 14.4 Å². The highest BCUT2D eigenvalue weighted by Crippen LogP contribution is 2.26. The van der Waals surface area contributed by atoms with Crippen LogP contribution in [0.5, 0.6) is 0 Å². The van der Waals surface area contributed by atoms with Gasteiger partial charge in [0.25, 0.3) is 5.56 Å². The molecule has 27 heavy (non-hydrogen) atoms. The van der Waals surface area contributed by atoms with Crippen molar-refractivity contribution in [2.45, 2.75) is 51.7 Å². The largest absolute Gasteiger partial charge is 0.296 e. The quantitative estimate of drug-likeness (QED) is 0.599. The van der Waals surface area contributed by atoms with Crippen molar-refractivity contribution in [1.82, 2.24) is 9.55 Å². The molecule has 1 aromatic heterocycles. The van der Waals surface area contributed by atoms with Gasteiger partial charge in [0, 0.05) is 25.6 Å². The third kappa shape index (κ3) is 4.33. The maximum absolute atomic E-state index is 14.4. The van der Waals surface area contributed by atoms with Crippen molar-refractivity contribution in [2.24, 2.45) is 4.99 Å². The van der Waals surface area contributed by atoms with Crippen LogP contribution < -0.4 is 5.56 Å². The first kappa shape index (κ1) is 19.0. The maximum atomic E-state index is 14.4. The Hall–Kier alpha value is -2.74. The van der Waals surface area contributed by atoms with E-state index in [1.54, 1.807) is 24.6 Å². The van der Waals surface area contributed by atoms with Crippen LogP contribution in [-0.4, -0.2) is 28.0 Å². The molecule has 0 spiro atoms. The van der Waals surface area contributed by atoms with Crippen LogP contribution in [0.15, 0.2) is 40.1 Å². The standard InChI is InChI=1S/C22H24FN3O/c1-4-5-6-17(24-3)9-7-16-8-10-18-19(15-16)25-20-11-12-22(2,23)13-14-26(20)21(18)27/h5-6,8,10,15H,4,11-14H2,1-3H3/b6-5-,24-17?. The van der Waals surface area contributed by atoms with E-state index in [1.807, 2.05) is 24.3 Å². The van der Waals surface area contributed by atoms with Gasteiger partial charge in [-0.15, -0.1) is 0 Å². The summed E-state index contributed by atoms with van der Waals surface area (Å²) in [4.78, 5) is 21.6. The molecule has 1 unspecified atom stereocenters. The number of aliphatic imine (C=N–C) groups is 1. The highest BCUT2D eigenvalue weighted by Gasteiger charge is 2.28. The van der Waals surface area contributed by atoms with Gasteiger partial charge in [0.1, 0.15) is 17.2 Å². The summed E-state index contributed by atoms with van der Waals surface area (Å²) in [5, 5.41) is 0.544. The monoisotopic (exact) mass is 365 g/mol. The fourth-order valence-corrected chi connectivity index (χ4v) is 3.15.